The zero-order valence-corrected chi connectivity index (χ0v) is 22.8. The number of likely N-dealkylation sites (N-methyl/N-ethyl adjacent to an activating group) is 1. The normalized spacial score (nSPS) is 17.3. The van der Waals surface area contributed by atoms with Crippen molar-refractivity contribution in [1.29, 1.82) is 0 Å². The fourth-order valence-corrected chi connectivity index (χ4v) is 5.05. The molecule has 0 bridgehead atoms. The van der Waals surface area contributed by atoms with Crippen molar-refractivity contribution < 1.29 is 14.4 Å². The number of amides is 4. The number of urea groups is 1. The van der Waals surface area contributed by atoms with Gasteiger partial charge in [-0.05, 0) is 33.2 Å². The molecule has 2 aliphatic heterocycles. The first kappa shape index (κ1) is 26.2. The van der Waals surface area contributed by atoms with E-state index in [1.165, 1.54) is 15.4 Å². The van der Waals surface area contributed by atoms with E-state index in [-0.39, 0.29) is 36.3 Å². The molecule has 7 nitrogen and oxygen atoms in total. The van der Waals surface area contributed by atoms with Gasteiger partial charge in [-0.1, -0.05) is 99.6 Å². The SMILES string of the molecule is CN1C(=O)N[C@@H](c2ccc(C(C)(C)C)cc2)C2=C1CN(CC(=O)NCc1ccc(-c3ccccc3)cc1)C2=O. The van der Waals surface area contributed by atoms with Gasteiger partial charge >= 0.3 is 6.03 Å². The van der Waals surface area contributed by atoms with Crippen molar-refractivity contribution in [2.75, 3.05) is 20.1 Å². The van der Waals surface area contributed by atoms with E-state index in [0.29, 0.717) is 17.8 Å². The van der Waals surface area contributed by atoms with Crippen LogP contribution < -0.4 is 10.6 Å². The summed E-state index contributed by atoms with van der Waals surface area (Å²) in [4.78, 5) is 42.0. The standard InChI is InChI=1S/C32H34N4O3/c1-32(2,3)25-16-14-24(15-17-25)29-28-26(35(4)31(39)34-29)19-36(30(28)38)20-27(37)33-18-21-10-12-23(13-11-21)22-8-6-5-7-9-22/h5-17,29H,18-20H2,1-4H3,(H,33,37)(H,34,39)/t29-/m0/s1. The molecule has 0 saturated heterocycles. The fraction of sp³-hybridized carbons (Fsp3) is 0.281. The van der Waals surface area contributed by atoms with Crippen LogP contribution in [0.15, 0.2) is 90.1 Å². The lowest BCUT2D eigenvalue weighted by molar-refractivity contribution is -0.132. The maximum atomic E-state index is 13.5. The second kappa shape index (κ2) is 10.4. The summed E-state index contributed by atoms with van der Waals surface area (Å²) in [5, 5.41) is 5.88. The van der Waals surface area contributed by atoms with E-state index in [4.69, 9.17) is 0 Å². The Kier molecular flexibility index (Phi) is 7.00. The quantitative estimate of drug-likeness (QED) is 0.490. The molecule has 0 aliphatic carbocycles. The molecule has 0 saturated carbocycles. The summed E-state index contributed by atoms with van der Waals surface area (Å²) in [6.45, 7) is 6.93. The Morgan fingerprint density at radius 1 is 0.923 bits per heavy atom. The van der Waals surface area contributed by atoms with Crippen LogP contribution >= 0.6 is 0 Å². The molecule has 2 aliphatic rings. The van der Waals surface area contributed by atoms with Crippen LogP contribution in [0, 0.1) is 0 Å². The van der Waals surface area contributed by atoms with Gasteiger partial charge in [0.2, 0.25) is 5.91 Å². The highest BCUT2D eigenvalue weighted by Crippen LogP contribution is 2.36. The Morgan fingerprint density at radius 3 is 2.21 bits per heavy atom. The minimum atomic E-state index is -0.554. The van der Waals surface area contributed by atoms with Crippen LogP contribution in [0.25, 0.3) is 11.1 Å². The molecular formula is C32H34N4O3. The van der Waals surface area contributed by atoms with Gasteiger partial charge in [-0.2, -0.15) is 0 Å². The molecule has 2 N–H and O–H groups in total. The zero-order chi connectivity index (χ0) is 27.7. The van der Waals surface area contributed by atoms with Gasteiger partial charge in [-0.15, -0.1) is 0 Å². The Hall–Kier alpha value is -4.39. The Balaban J connectivity index is 1.24. The fourth-order valence-electron chi connectivity index (χ4n) is 5.05. The van der Waals surface area contributed by atoms with Gasteiger partial charge in [0, 0.05) is 13.6 Å². The van der Waals surface area contributed by atoms with E-state index in [1.807, 2.05) is 66.7 Å². The first-order valence-electron chi connectivity index (χ1n) is 13.2. The second-order valence-corrected chi connectivity index (χ2v) is 11.2. The summed E-state index contributed by atoms with van der Waals surface area (Å²) in [6, 6.07) is 25.4. The molecular weight excluding hydrogens is 488 g/mol. The van der Waals surface area contributed by atoms with Crippen molar-refractivity contribution in [3.05, 3.63) is 107 Å². The van der Waals surface area contributed by atoms with Crippen molar-refractivity contribution in [3.8, 4) is 11.1 Å². The summed E-state index contributed by atoms with van der Waals surface area (Å²) >= 11 is 0. The van der Waals surface area contributed by atoms with Crippen LogP contribution in [-0.2, 0) is 21.5 Å². The average molecular weight is 523 g/mol. The molecule has 0 spiro atoms. The number of benzene rings is 3. The second-order valence-electron chi connectivity index (χ2n) is 11.2. The van der Waals surface area contributed by atoms with Crippen molar-refractivity contribution in [1.82, 2.24) is 20.4 Å². The largest absolute Gasteiger partial charge is 0.350 e. The number of carbonyl (C=O) groups is 3. The van der Waals surface area contributed by atoms with Crippen LogP contribution in [0.1, 0.15) is 43.5 Å². The van der Waals surface area contributed by atoms with Crippen molar-refractivity contribution in [3.63, 3.8) is 0 Å². The molecule has 7 heteroatoms. The molecule has 1 atom stereocenters. The minimum Gasteiger partial charge on any atom is -0.350 e. The molecule has 2 heterocycles. The van der Waals surface area contributed by atoms with Crippen LogP contribution in [0.3, 0.4) is 0 Å². The molecule has 0 fully saturated rings. The van der Waals surface area contributed by atoms with E-state index >= 15 is 0 Å². The molecule has 5 rings (SSSR count). The van der Waals surface area contributed by atoms with Crippen LogP contribution in [-0.4, -0.2) is 47.8 Å². The Labute approximate surface area is 229 Å². The van der Waals surface area contributed by atoms with Gasteiger partial charge in [0.1, 0.15) is 6.54 Å². The summed E-state index contributed by atoms with van der Waals surface area (Å²) in [6.07, 6.45) is 0. The number of nitrogens with one attached hydrogen (secondary N) is 2. The molecule has 3 aromatic carbocycles. The number of carbonyl (C=O) groups excluding carboxylic acids is 3. The first-order chi connectivity index (χ1) is 18.6. The third-order valence-corrected chi connectivity index (χ3v) is 7.43. The number of hydrogen-bond donors (Lipinski definition) is 2. The zero-order valence-electron chi connectivity index (χ0n) is 22.8. The van der Waals surface area contributed by atoms with E-state index in [2.05, 4.69) is 43.5 Å². The van der Waals surface area contributed by atoms with Gasteiger partial charge in [-0.25, -0.2) is 4.79 Å². The molecule has 3 aromatic rings. The third-order valence-electron chi connectivity index (χ3n) is 7.43. The van der Waals surface area contributed by atoms with Gasteiger partial charge < -0.3 is 15.5 Å². The van der Waals surface area contributed by atoms with E-state index in [9.17, 15) is 14.4 Å². The molecule has 200 valence electrons. The summed E-state index contributed by atoms with van der Waals surface area (Å²) in [5.74, 6) is -0.479. The lowest BCUT2D eigenvalue weighted by Gasteiger charge is -2.31. The number of hydrogen-bond acceptors (Lipinski definition) is 3. The van der Waals surface area contributed by atoms with E-state index < -0.39 is 6.04 Å². The lowest BCUT2D eigenvalue weighted by Crippen LogP contribution is -2.45. The maximum absolute atomic E-state index is 13.5. The lowest BCUT2D eigenvalue weighted by atomic mass is 9.85. The molecule has 0 aromatic heterocycles. The third kappa shape index (κ3) is 5.43. The van der Waals surface area contributed by atoms with Crippen LogP contribution in [0.5, 0.6) is 0 Å². The highest BCUT2D eigenvalue weighted by atomic mass is 16.2. The van der Waals surface area contributed by atoms with Gasteiger partial charge in [0.25, 0.3) is 5.91 Å². The van der Waals surface area contributed by atoms with Crippen molar-refractivity contribution in [2.24, 2.45) is 0 Å². The predicted octanol–water partition coefficient (Wildman–Crippen LogP) is 4.76. The van der Waals surface area contributed by atoms with Crippen molar-refractivity contribution in [2.45, 2.75) is 38.8 Å². The van der Waals surface area contributed by atoms with E-state index in [1.54, 1.807) is 7.05 Å². The van der Waals surface area contributed by atoms with Gasteiger partial charge in [-0.3, -0.25) is 14.5 Å². The summed E-state index contributed by atoms with van der Waals surface area (Å²) < 4.78 is 0. The predicted molar refractivity (Wildman–Crippen MR) is 152 cm³/mol. The number of nitrogens with zero attached hydrogens (tertiary/aromatic N) is 2. The average Bonchev–Trinajstić information content (AvgIpc) is 3.25. The summed E-state index contributed by atoms with van der Waals surface area (Å²) in [7, 11) is 1.65. The molecule has 0 unspecified atom stereocenters. The summed E-state index contributed by atoms with van der Waals surface area (Å²) in [5.41, 5.74) is 6.39. The topological polar surface area (TPSA) is 81.8 Å². The Morgan fingerprint density at radius 2 is 1.56 bits per heavy atom. The highest BCUT2D eigenvalue weighted by Gasteiger charge is 2.43. The monoisotopic (exact) mass is 522 g/mol. The van der Waals surface area contributed by atoms with E-state index in [0.717, 1.165) is 22.3 Å². The molecule has 0 radical (unpaired) electrons. The molecule has 39 heavy (non-hydrogen) atoms. The van der Waals surface area contributed by atoms with Gasteiger partial charge in [0.15, 0.2) is 0 Å². The van der Waals surface area contributed by atoms with Crippen molar-refractivity contribution >= 4 is 17.8 Å². The smallest absolute Gasteiger partial charge is 0.322 e. The number of rotatable bonds is 6. The maximum Gasteiger partial charge on any atom is 0.322 e. The Bertz CT molecular complexity index is 1420. The minimum absolute atomic E-state index is 0.00371. The van der Waals surface area contributed by atoms with Gasteiger partial charge in [0.05, 0.1) is 23.9 Å². The molecule has 4 amide bonds. The highest BCUT2D eigenvalue weighted by molar-refractivity contribution is 6.02. The van der Waals surface area contributed by atoms with Crippen LogP contribution in [0.2, 0.25) is 0 Å². The van der Waals surface area contributed by atoms with Crippen LogP contribution in [0.4, 0.5) is 4.79 Å². The first-order valence-corrected chi connectivity index (χ1v) is 13.2.